The molecule has 0 fully saturated rings. The number of furan rings is 1. The zero-order valence-electron chi connectivity index (χ0n) is 12.7. The van der Waals surface area contributed by atoms with Crippen LogP contribution in [0.4, 0.5) is 10.1 Å². The van der Waals surface area contributed by atoms with Crippen molar-refractivity contribution in [2.45, 2.75) is 13.3 Å². The fourth-order valence-electron chi connectivity index (χ4n) is 2.22. The Hall–Kier alpha value is -2.89. The molecule has 0 aliphatic carbocycles. The molecular formula is C17H15FN2O3. The minimum Gasteiger partial charge on any atom is -0.459 e. The SMILES string of the molecule is Cc1oc(-c2ccco2)nc1CC(=O)N(C)c1ccccc1F. The average Bonchev–Trinajstić information content (AvgIpc) is 3.17. The monoisotopic (exact) mass is 314 g/mol. The number of oxazole rings is 1. The van der Waals surface area contributed by atoms with Crippen LogP contribution in [0.2, 0.25) is 0 Å². The summed E-state index contributed by atoms with van der Waals surface area (Å²) in [5, 5.41) is 0. The molecule has 1 amide bonds. The quantitative estimate of drug-likeness (QED) is 0.738. The molecular weight excluding hydrogens is 299 g/mol. The molecule has 118 valence electrons. The Bertz CT molecular complexity index is 824. The lowest BCUT2D eigenvalue weighted by atomic mass is 10.2. The second kappa shape index (κ2) is 6.08. The summed E-state index contributed by atoms with van der Waals surface area (Å²) in [5.41, 5.74) is 0.731. The Kier molecular flexibility index (Phi) is 3.97. The molecule has 0 atom stereocenters. The second-order valence-electron chi connectivity index (χ2n) is 5.08. The number of para-hydroxylation sites is 1. The molecule has 3 aromatic rings. The van der Waals surface area contributed by atoms with Gasteiger partial charge in [0.1, 0.15) is 11.6 Å². The van der Waals surface area contributed by atoms with E-state index in [-0.39, 0.29) is 18.0 Å². The van der Waals surface area contributed by atoms with E-state index in [0.29, 0.717) is 23.1 Å². The summed E-state index contributed by atoms with van der Waals surface area (Å²) in [4.78, 5) is 17.9. The summed E-state index contributed by atoms with van der Waals surface area (Å²) >= 11 is 0. The highest BCUT2D eigenvalue weighted by atomic mass is 19.1. The number of benzene rings is 1. The van der Waals surface area contributed by atoms with Gasteiger partial charge >= 0.3 is 0 Å². The van der Waals surface area contributed by atoms with Gasteiger partial charge in [-0.1, -0.05) is 12.1 Å². The van der Waals surface area contributed by atoms with Gasteiger partial charge in [0.25, 0.3) is 5.89 Å². The number of carbonyl (C=O) groups excluding carboxylic acids is 1. The van der Waals surface area contributed by atoms with Crippen LogP contribution in [-0.4, -0.2) is 17.9 Å². The van der Waals surface area contributed by atoms with Crippen molar-refractivity contribution in [1.29, 1.82) is 0 Å². The van der Waals surface area contributed by atoms with Crippen molar-refractivity contribution in [1.82, 2.24) is 4.98 Å². The van der Waals surface area contributed by atoms with Crippen LogP contribution in [0.25, 0.3) is 11.7 Å². The molecule has 3 rings (SSSR count). The fraction of sp³-hybridized carbons (Fsp3) is 0.176. The van der Waals surface area contributed by atoms with Gasteiger partial charge < -0.3 is 13.7 Å². The van der Waals surface area contributed by atoms with E-state index in [1.54, 1.807) is 37.3 Å². The lowest BCUT2D eigenvalue weighted by Crippen LogP contribution is -2.28. The van der Waals surface area contributed by atoms with Crippen LogP contribution in [0.15, 0.2) is 51.5 Å². The number of hydrogen-bond acceptors (Lipinski definition) is 4. The number of likely N-dealkylation sites (N-methyl/N-ethyl adjacent to an activating group) is 1. The van der Waals surface area contributed by atoms with E-state index in [4.69, 9.17) is 8.83 Å². The minimum absolute atomic E-state index is 0.0148. The maximum absolute atomic E-state index is 13.8. The lowest BCUT2D eigenvalue weighted by molar-refractivity contribution is -0.117. The molecule has 1 aromatic carbocycles. The smallest absolute Gasteiger partial charge is 0.263 e. The molecule has 0 aliphatic heterocycles. The van der Waals surface area contributed by atoms with E-state index in [2.05, 4.69) is 4.98 Å². The standard InChI is InChI=1S/C17H15FN2O3/c1-11-13(19-17(23-11)15-8-5-9-22-15)10-16(21)20(2)14-7-4-3-6-12(14)18/h3-9H,10H2,1-2H3. The highest BCUT2D eigenvalue weighted by Gasteiger charge is 2.20. The Morgan fingerprint density at radius 3 is 2.74 bits per heavy atom. The van der Waals surface area contributed by atoms with E-state index in [0.717, 1.165) is 0 Å². The molecule has 0 saturated carbocycles. The van der Waals surface area contributed by atoms with Gasteiger partial charge in [0, 0.05) is 7.05 Å². The first kappa shape index (κ1) is 15.0. The van der Waals surface area contributed by atoms with E-state index in [9.17, 15) is 9.18 Å². The summed E-state index contributed by atoms with van der Waals surface area (Å²) in [7, 11) is 1.53. The molecule has 0 radical (unpaired) electrons. The molecule has 0 bridgehead atoms. The molecule has 0 spiro atoms. The van der Waals surface area contributed by atoms with Gasteiger partial charge in [-0.05, 0) is 31.2 Å². The van der Waals surface area contributed by atoms with Crippen molar-refractivity contribution in [2.24, 2.45) is 0 Å². The van der Waals surface area contributed by atoms with Crippen molar-refractivity contribution >= 4 is 11.6 Å². The van der Waals surface area contributed by atoms with Gasteiger partial charge in [-0.2, -0.15) is 0 Å². The first-order valence-corrected chi connectivity index (χ1v) is 7.07. The molecule has 0 saturated heterocycles. The highest BCUT2D eigenvalue weighted by molar-refractivity contribution is 5.94. The molecule has 6 heteroatoms. The predicted octanol–water partition coefficient (Wildman–Crippen LogP) is 3.59. The van der Waals surface area contributed by atoms with Crippen molar-refractivity contribution in [2.75, 3.05) is 11.9 Å². The normalized spacial score (nSPS) is 10.7. The van der Waals surface area contributed by atoms with Crippen molar-refractivity contribution in [3.63, 3.8) is 0 Å². The van der Waals surface area contributed by atoms with Crippen LogP contribution in [-0.2, 0) is 11.2 Å². The number of amides is 1. The maximum Gasteiger partial charge on any atom is 0.263 e. The molecule has 2 aromatic heterocycles. The Labute approximate surface area is 132 Å². The van der Waals surface area contributed by atoms with Crippen LogP contribution >= 0.6 is 0 Å². The number of aryl methyl sites for hydroxylation is 1. The second-order valence-corrected chi connectivity index (χ2v) is 5.08. The van der Waals surface area contributed by atoms with Gasteiger partial charge in [-0.25, -0.2) is 9.37 Å². The van der Waals surface area contributed by atoms with E-state index in [1.165, 1.54) is 24.3 Å². The third-order valence-corrected chi connectivity index (χ3v) is 3.53. The largest absolute Gasteiger partial charge is 0.459 e. The lowest BCUT2D eigenvalue weighted by Gasteiger charge is -2.17. The summed E-state index contributed by atoms with van der Waals surface area (Å²) in [6.45, 7) is 1.73. The molecule has 0 unspecified atom stereocenters. The molecule has 2 heterocycles. The Morgan fingerprint density at radius 1 is 1.26 bits per heavy atom. The van der Waals surface area contributed by atoms with E-state index < -0.39 is 5.82 Å². The Balaban J connectivity index is 1.79. The van der Waals surface area contributed by atoms with Crippen LogP contribution in [0, 0.1) is 12.7 Å². The zero-order chi connectivity index (χ0) is 16.4. The number of carbonyl (C=O) groups is 1. The molecule has 23 heavy (non-hydrogen) atoms. The number of hydrogen-bond donors (Lipinski definition) is 0. The topological polar surface area (TPSA) is 59.5 Å². The van der Waals surface area contributed by atoms with Crippen molar-refractivity contribution in [3.8, 4) is 11.7 Å². The van der Waals surface area contributed by atoms with Crippen LogP contribution in [0.5, 0.6) is 0 Å². The number of aromatic nitrogens is 1. The molecule has 0 aliphatic rings. The van der Waals surface area contributed by atoms with Gasteiger partial charge in [-0.3, -0.25) is 4.79 Å². The van der Waals surface area contributed by atoms with Gasteiger partial charge in [-0.15, -0.1) is 0 Å². The highest BCUT2D eigenvalue weighted by Crippen LogP contribution is 2.23. The van der Waals surface area contributed by atoms with E-state index >= 15 is 0 Å². The third-order valence-electron chi connectivity index (χ3n) is 3.53. The van der Waals surface area contributed by atoms with Crippen LogP contribution in [0.3, 0.4) is 0 Å². The Morgan fingerprint density at radius 2 is 2.04 bits per heavy atom. The summed E-state index contributed by atoms with van der Waals surface area (Å²) in [6.07, 6.45) is 1.53. The van der Waals surface area contributed by atoms with Crippen molar-refractivity contribution in [3.05, 3.63) is 59.9 Å². The van der Waals surface area contributed by atoms with Gasteiger partial charge in [0.15, 0.2) is 5.76 Å². The first-order valence-electron chi connectivity index (χ1n) is 7.07. The van der Waals surface area contributed by atoms with Crippen molar-refractivity contribution < 1.29 is 18.0 Å². The number of anilines is 1. The predicted molar refractivity (Wildman–Crippen MR) is 82.5 cm³/mol. The van der Waals surface area contributed by atoms with Crippen LogP contribution < -0.4 is 4.90 Å². The third kappa shape index (κ3) is 3.01. The average molecular weight is 314 g/mol. The fourth-order valence-corrected chi connectivity index (χ4v) is 2.22. The number of rotatable bonds is 4. The zero-order valence-corrected chi connectivity index (χ0v) is 12.7. The summed E-state index contributed by atoms with van der Waals surface area (Å²) in [5.74, 6) is 0.624. The first-order chi connectivity index (χ1) is 11.1. The summed E-state index contributed by atoms with van der Waals surface area (Å²) in [6, 6.07) is 9.58. The number of halogens is 1. The summed E-state index contributed by atoms with van der Waals surface area (Å²) < 4.78 is 24.5. The minimum atomic E-state index is -0.448. The molecule has 5 nitrogen and oxygen atoms in total. The van der Waals surface area contributed by atoms with Gasteiger partial charge in [0.2, 0.25) is 5.91 Å². The van der Waals surface area contributed by atoms with Gasteiger partial charge in [0.05, 0.1) is 24.1 Å². The molecule has 0 N–H and O–H groups in total. The van der Waals surface area contributed by atoms with Crippen LogP contribution in [0.1, 0.15) is 11.5 Å². The maximum atomic E-state index is 13.8. The van der Waals surface area contributed by atoms with E-state index in [1.807, 2.05) is 0 Å². The number of nitrogens with zero attached hydrogens (tertiary/aromatic N) is 2.